The van der Waals surface area contributed by atoms with Gasteiger partial charge in [0.05, 0.1) is 13.2 Å². The lowest BCUT2D eigenvalue weighted by Crippen LogP contribution is -2.30. The zero-order valence-electron chi connectivity index (χ0n) is 11.6. The smallest absolute Gasteiger partial charge is 0.405 e. The van der Waals surface area contributed by atoms with Gasteiger partial charge in [-0.25, -0.2) is 18.6 Å². The molecule has 1 amide bonds. The van der Waals surface area contributed by atoms with E-state index in [9.17, 15) is 13.6 Å². The molecule has 6 nitrogen and oxygen atoms in total. The van der Waals surface area contributed by atoms with Crippen LogP contribution in [0, 0.1) is 11.6 Å². The lowest BCUT2D eigenvalue weighted by atomic mass is 9.92. The number of rotatable bonds is 3. The SMILES string of the molecule is COc1cc(F)c(C2Cn3ccnc3C2NC(=O)O)c(F)c1. The van der Waals surface area contributed by atoms with Crippen LogP contribution in [0.1, 0.15) is 23.3 Å². The third-order valence-corrected chi connectivity index (χ3v) is 3.76. The zero-order valence-corrected chi connectivity index (χ0v) is 11.6. The molecule has 0 spiro atoms. The Kier molecular flexibility index (Phi) is 3.44. The van der Waals surface area contributed by atoms with Crippen LogP contribution >= 0.6 is 0 Å². The van der Waals surface area contributed by atoms with E-state index in [2.05, 4.69) is 10.3 Å². The quantitative estimate of drug-likeness (QED) is 0.912. The number of amides is 1. The van der Waals surface area contributed by atoms with Crippen LogP contribution in [0.5, 0.6) is 5.75 Å². The molecule has 0 fully saturated rings. The summed E-state index contributed by atoms with van der Waals surface area (Å²) in [6, 6.07) is 1.35. The highest BCUT2D eigenvalue weighted by Gasteiger charge is 2.39. The van der Waals surface area contributed by atoms with Gasteiger partial charge in [-0.1, -0.05) is 0 Å². The first kappa shape index (κ1) is 14.3. The summed E-state index contributed by atoms with van der Waals surface area (Å²) in [7, 11) is 1.31. The largest absolute Gasteiger partial charge is 0.497 e. The van der Waals surface area contributed by atoms with E-state index in [4.69, 9.17) is 9.84 Å². The Morgan fingerprint density at radius 1 is 1.45 bits per heavy atom. The molecule has 1 aromatic heterocycles. The molecule has 1 aliphatic rings. The van der Waals surface area contributed by atoms with E-state index in [0.717, 1.165) is 12.1 Å². The number of aromatic nitrogens is 2. The number of methoxy groups -OCH3 is 1. The molecular formula is C14H13F2N3O3. The number of carbonyl (C=O) groups is 1. The molecule has 0 saturated carbocycles. The molecule has 2 atom stereocenters. The van der Waals surface area contributed by atoms with Gasteiger partial charge in [0.2, 0.25) is 0 Å². The number of hydrogen-bond acceptors (Lipinski definition) is 3. The molecule has 3 rings (SSSR count). The maximum absolute atomic E-state index is 14.3. The van der Waals surface area contributed by atoms with E-state index in [1.54, 1.807) is 10.8 Å². The summed E-state index contributed by atoms with van der Waals surface area (Å²) < 4.78 is 35.0. The average Bonchev–Trinajstić information content (AvgIpc) is 3.01. The van der Waals surface area contributed by atoms with Crippen molar-refractivity contribution in [2.45, 2.75) is 18.5 Å². The Balaban J connectivity index is 2.04. The monoisotopic (exact) mass is 309 g/mol. The van der Waals surface area contributed by atoms with Gasteiger partial charge in [0.15, 0.2) is 0 Å². The minimum absolute atomic E-state index is 0.0669. The number of hydrogen-bond donors (Lipinski definition) is 2. The molecule has 2 aromatic rings. The minimum atomic E-state index is -1.28. The lowest BCUT2D eigenvalue weighted by Gasteiger charge is -2.20. The molecule has 2 heterocycles. The highest BCUT2D eigenvalue weighted by Crippen LogP contribution is 2.40. The number of carboxylic acid groups (broad SMARTS) is 1. The lowest BCUT2D eigenvalue weighted by molar-refractivity contribution is 0.188. The molecule has 1 aromatic carbocycles. The molecule has 116 valence electrons. The van der Waals surface area contributed by atoms with E-state index >= 15 is 0 Å². The Hall–Kier alpha value is -2.64. The number of fused-ring (bicyclic) bond motifs is 1. The summed E-state index contributed by atoms with van der Waals surface area (Å²) in [5.41, 5.74) is -0.176. The Labute approximate surface area is 124 Å². The molecule has 8 heteroatoms. The van der Waals surface area contributed by atoms with Crippen molar-refractivity contribution < 1.29 is 23.4 Å². The topological polar surface area (TPSA) is 76.4 Å². The van der Waals surface area contributed by atoms with Crippen LogP contribution in [0.25, 0.3) is 0 Å². The van der Waals surface area contributed by atoms with Gasteiger partial charge >= 0.3 is 6.09 Å². The summed E-state index contributed by atoms with van der Waals surface area (Å²) >= 11 is 0. The zero-order chi connectivity index (χ0) is 15.9. The van der Waals surface area contributed by atoms with E-state index in [1.807, 2.05) is 0 Å². The molecule has 2 unspecified atom stereocenters. The molecule has 0 bridgehead atoms. The van der Waals surface area contributed by atoms with Crippen LogP contribution in [-0.4, -0.2) is 27.9 Å². The predicted octanol–water partition coefficient (Wildman–Crippen LogP) is 2.28. The molecule has 0 radical (unpaired) electrons. The molecule has 0 aliphatic carbocycles. The number of ether oxygens (including phenoxy) is 1. The van der Waals surface area contributed by atoms with Crippen LogP contribution in [0.2, 0.25) is 0 Å². The van der Waals surface area contributed by atoms with Gasteiger partial charge in [0.25, 0.3) is 0 Å². The van der Waals surface area contributed by atoms with E-state index < -0.39 is 29.7 Å². The van der Waals surface area contributed by atoms with Gasteiger partial charge in [-0.2, -0.15) is 0 Å². The van der Waals surface area contributed by atoms with E-state index in [-0.39, 0.29) is 17.9 Å². The van der Waals surface area contributed by atoms with E-state index in [1.165, 1.54) is 13.3 Å². The molecule has 0 saturated heterocycles. The Bertz CT molecular complexity index is 709. The van der Waals surface area contributed by atoms with Crippen molar-refractivity contribution in [1.82, 2.24) is 14.9 Å². The van der Waals surface area contributed by atoms with Crippen molar-refractivity contribution in [2.75, 3.05) is 7.11 Å². The second-order valence-electron chi connectivity index (χ2n) is 4.98. The predicted molar refractivity (Wildman–Crippen MR) is 71.8 cm³/mol. The van der Waals surface area contributed by atoms with Crippen LogP contribution in [0.4, 0.5) is 13.6 Å². The second kappa shape index (κ2) is 5.28. The first-order valence-corrected chi connectivity index (χ1v) is 6.54. The van der Waals surface area contributed by atoms with E-state index in [0.29, 0.717) is 5.82 Å². The first-order chi connectivity index (χ1) is 10.5. The van der Waals surface area contributed by atoms with Gasteiger partial charge in [-0.3, -0.25) is 0 Å². The maximum Gasteiger partial charge on any atom is 0.405 e. The minimum Gasteiger partial charge on any atom is -0.497 e. The van der Waals surface area contributed by atoms with Gasteiger partial charge in [-0.15, -0.1) is 0 Å². The number of imidazole rings is 1. The first-order valence-electron chi connectivity index (χ1n) is 6.54. The Morgan fingerprint density at radius 3 is 2.73 bits per heavy atom. The summed E-state index contributed by atoms with van der Waals surface area (Å²) in [6.45, 7) is 0.237. The van der Waals surface area contributed by atoms with Crippen molar-refractivity contribution in [2.24, 2.45) is 0 Å². The number of nitrogens with one attached hydrogen (secondary N) is 1. The molecular weight excluding hydrogens is 296 g/mol. The third kappa shape index (κ3) is 2.26. The van der Waals surface area contributed by atoms with Gasteiger partial charge < -0.3 is 19.7 Å². The Morgan fingerprint density at radius 2 is 2.14 bits per heavy atom. The van der Waals surface area contributed by atoms with Crippen molar-refractivity contribution in [3.63, 3.8) is 0 Å². The number of halogens is 2. The summed E-state index contributed by atoms with van der Waals surface area (Å²) in [6.07, 6.45) is 1.88. The van der Waals surface area contributed by atoms with Crippen LogP contribution in [-0.2, 0) is 6.54 Å². The second-order valence-corrected chi connectivity index (χ2v) is 4.98. The highest BCUT2D eigenvalue weighted by atomic mass is 19.1. The fourth-order valence-corrected chi connectivity index (χ4v) is 2.84. The van der Waals surface area contributed by atoms with Crippen molar-refractivity contribution >= 4 is 6.09 Å². The average molecular weight is 309 g/mol. The summed E-state index contributed by atoms with van der Waals surface area (Å²) in [5.74, 6) is -1.76. The van der Waals surface area contributed by atoms with Crippen molar-refractivity contribution in [1.29, 1.82) is 0 Å². The summed E-state index contributed by atoms with van der Waals surface area (Å²) in [4.78, 5) is 15.0. The van der Waals surface area contributed by atoms with Gasteiger partial charge in [0, 0.05) is 42.6 Å². The number of benzene rings is 1. The molecule has 2 N–H and O–H groups in total. The van der Waals surface area contributed by atoms with Gasteiger partial charge in [0.1, 0.15) is 23.2 Å². The summed E-state index contributed by atoms with van der Waals surface area (Å²) in [5, 5.41) is 11.3. The molecule has 22 heavy (non-hydrogen) atoms. The fraction of sp³-hybridized carbons (Fsp3) is 0.286. The van der Waals surface area contributed by atoms with Crippen molar-refractivity contribution in [3.8, 4) is 5.75 Å². The third-order valence-electron chi connectivity index (χ3n) is 3.76. The standard InChI is InChI=1S/C14H13F2N3O3/c1-22-7-4-9(15)11(10(16)5-7)8-6-19-3-2-17-13(19)12(8)18-14(20)21/h2-5,8,12,18H,6H2,1H3,(H,20,21). The fourth-order valence-electron chi connectivity index (χ4n) is 2.84. The van der Waals surface area contributed by atoms with Crippen LogP contribution in [0.3, 0.4) is 0 Å². The molecule has 1 aliphatic heterocycles. The van der Waals surface area contributed by atoms with Crippen molar-refractivity contribution in [3.05, 3.63) is 47.5 Å². The number of nitrogens with zero attached hydrogens (tertiary/aromatic N) is 2. The van der Waals surface area contributed by atoms with Crippen LogP contribution in [0.15, 0.2) is 24.5 Å². The maximum atomic E-state index is 14.3. The highest BCUT2D eigenvalue weighted by molar-refractivity contribution is 5.65. The van der Waals surface area contributed by atoms with Crippen LogP contribution < -0.4 is 10.1 Å². The van der Waals surface area contributed by atoms with Gasteiger partial charge in [-0.05, 0) is 0 Å². The normalized spacial score (nSPS) is 19.8.